The van der Waals surface area contributed by atoms with Crippen LogP contribution in [0, 0.1) is 0 Å². The maximum Gasteiger partial charge on any atom is 0.261 e. The van der Waals surface area contributed by atoms with E-state index in [0.29, 0.717) is 28.7 Å². The average Bonchev–Trinajstić information content (AvgIpc) is 0.757. The van der Waals surface area contributed by atoms with Crippen molar-refractivity contribution in [3.8, 4) is 46.0 Å². The van der Waals surface area contributed by atoms with Crippen molar-refractivity contribution in [3.05, 3.63) is 297 Å². The summed E-state index contributed by atoms with van der Waals surface area (Å²) in [7, 11) is 0. The molecule has 0 N–H and O–H groups in total. The normalized spacial score (nSPS) is 13.4. The van der Waals surface area contributed by atoms with Crippen LogP contribution >= 0.6 is 0 Å². The van der Waals surface area contributed by atoms with E-state index in [1.54, 1.807) is 0 Å². The molecule has 6 aliphatic heterocycles. The van der Waals surface area contributed by atoms with Crippen molar-refractivity contribution in [1.29, 1.82) is 0 Å². The Morgan fingerprint density at radius 1 is 0.236 bits per heavy atom. The molecule has 6 aliphatic rings. The zero-order valence-electron chi connectivity index (χ0n) is 47.8. The molecule has 13 aromatic rings. The molecular weight excluding hydrogens is 1090 g/mol. The van der Waals surface area contributed by atoms with E-state index >= 15 is 0 Å². The van der Waals surface area contributed by atoms with Gasteiger partial charge in [-0.1, -0.05) is 158 Å². The molecule has 11 heteroatoms. The van der Waals surface area contributed by atoms with Crippen LogP contribution in [0.4, 0.5) is 85.3 Å². The highest BCUT2D eigenvalue weighted by Crippen LogP contribution is 2.63. The molecule has 0 bridgehead atoms. The standard InChI is InChI=1S/C78H49B2N5O4/c1-7-25-50(26-8-1)81(51-27-9-2-10-28-51)56-43-66-74-67(44-56)84(55-35-17-6-18-36-55)65-49-70-60(47-59(65)79(74)58-37-19-20-38-62(58)83(66)54-33-15-5-16-34-54)80-61-48-73-76-78(88-69-42-24-22-40-64(69)85(76)63-39-21-23-41-68(63)86-73)77(61)89-72-46-57(45-71(87-70)75(72)80)82(52-29-11-3-12-30-52)53-31-13-4-14-32-53/h1-49H. The van der Waals surface area contributed by atoms with E-state index in [2.05, 4.69) is 297 Å². The molecular formula is C78H49B2N5O4. The lowest BCUT2D eigenvalue weighted by Crippen LogP contribution is -2.64. The zero-order chi connectivity index (χ0) is 58.3. The molecule has 89 heavy (non-hydrogen) atoms. The predicted molar refractivity (Wildman–Crippen MR) is 362 cm³/mol. The van der Waals surface area contributed by atoms with Crippen molar-refractivity contribution in [2.24, 2.45) is 0 Å². The van der Waals surface area contributed by atoms with Gasteiger partial charge in [-0.15, -0.1) is 0 Å². The van der Waals surface area contributed by atoms with Crippen LogP contribution in [-0.2, 0) is 0 Å². The topological polar surface area (TPSA) is 53.1 Å². The highest BCUT2D eigenvalue weighted by atomic mass is 16.5. The number of hydrogen-bond acceptors (Lipinski definition) is 9. The summed E-state index contributed by atoms with van der Waals surface area (Å²) in [6.45, 7) is -0.637. The lowest BCUT2D eigenvalue weighted by Gasteiger charge is -2.45. The summed E-state index contributed by atoms with van der Waals surface area (Å²) in [6, 6.07) is 106. The maximum absolute atomic E-state index is 7.64. The molecule has 416 valence electrons. The summed E-state index contributed by atoms with van der Waals surface area (Å²) in [6.07, 6.45) is 0. The Bertz CT molecular complexity index is 4940. The lowest BCUT2D eigenvalue weighted by atomic mass is 9.31. The van der Waals surface area contributed by atoms with E-state index in [4.69, 9.17) is 18.9 Å². The zero-order valence-corrected chi connectivity index (χ0v) is 47.8. The first-order valence-electron chi connectivity index (χ1n) is 30.2. The molecule has 0 spiro atoms. The number of para-hydroxylation sites is 11. The average molecular weight is 1140 g/mol. The van der Waals surface area contributed by atoms with E-state index in [-0.39, 0.29) is 6.71 Å². The van der Waals surface area contributed by atoms with Gasteiger partial charge in [0.1, 0.15) is 22.9 Å². The summed E-state index contributed by atoms with van der Waals surface area (Å²) in [4.78, 5) is 11.8. The van der Waals surface area contributed by atoms with Gasteiger partial charge in [-0.05, 0) is 149 Å². The third kappa shape index (κ3) is 7.45. The van der Waals surface area contributed by atoms with Crippen LogP contribution in [0.2, 0.25) is 0 Å². The van der Waals surface area contributed by atoms with Gasteiger partial charge in [0, 0.05) is 80.5 Å². The van der Waals surface area contributed by atoms with Gasteiger partial charge in [0.15, 0.2) is 28.7 Å². The van der Waals surface area contributed by atoms with Crippen molar-refractivity contribution < 1.29 is 18.9 Å². The van der Waals surface area contributed by atoms with E-state index in [9.17, 15) is 0 Å². The number of benzene rings is 13. The van der Waals surface area contributed by atoms with Gasteiger partial charge < -0.3 is 38.5 Å². The number of anilines is 15. The van der Waals surface area contributed by atoms with Crippen LogP contribution in [0.25, 0.3) is 0 Å². The molecule has 0 atom stereocenters. The third-order valence-electron chi connectivity index (χ3n) is 18.2. The van der Waals surface area contributed by atoms with Gasteiger partial charge in [-0.25, -0.2) is 0 Å². The fraction of sp³-hybridized carbons (Fsp3) is 0. The number of hydrogen-bond donors (Lipinski definition) is 0. The minimum absolute atomic E-state index is 0.224. The number of ether oxygens (including phenoxy) is 4. The second kappa shape index (κ2) is 19.4. The SMILES string of the molecule is c1ccc(N(c2ccccc2)c2cc3c4c(c2)Oc2c(cc5c6c2Oc2ccccc2N6c2ccccc2O5)B4c2cc4c(cc2O3)N(c2ccccc2)c2cc(N(c3ccccc3)c3ccccc3)cc3c2B4c2ccccc2N3c2ccccc2)cc1. The van der Waals surface area contributed by atoms with E-state index in [1.807, 2.05) is 24.3 Å². The van der Waals surface area contributed by atoms with Gasteiger partial charge in [0.2, 0.25) is 0 Å². The van der Waals surface area contributed by atoms with E-state index in [1.165, 1.54) is 10.9 Å². The summed E-state index contributed by atoms with van der Waals surface area (Å²) < 4.78 is 29.4. The fourth-order valence-corrected chi connectivity index (χ4v) is 14.6. The van der Waals surface area contributed by atoms with Crippen molar-refractivity contribution in [1.82, 2.24) is 0 Å². The number of rotatable bonds is 8. The first-order chi connectivity index (χ1) is 44.2. The Kier molecular flexibility index (Phi) is 10.8. The molecule has 6 heterocycles. The summed E-state index contributed by atoms with van der Waals surface area (Å²) in [5.41, 5.74) is 21.4. The van der Waals surface area contributed by atoms with Gasteiger partial charge in [0.25, 0.3) is 13.4 Å². The first-order valence-corrected chi connectivity index (χ1v) is 30.2. The molecule has 0 saturated heterocycles. The molecule has 0 aromatic heterocycles. The largest absolute Gasteiger partial charge is 0.458 e. The molecule has 9 nitrogen and oxygen atoms in total. The third-order valence-corrected chi connectivity index (χ3v) is 18.2. The predicted octanol–water partition coefficient (Wildman–Crippen LogP) is 17.1. The van der Waals surface area contributed by atoms with Crippen molar-refractivity contribution in [3.63, 3.8) is 0 Å². The van der Waals surface area contributed by atoms with Crippen LogP contribution in [0.15, 0.2) is 297 Å². The molecule has 0 saturated carbocycles. The van der Waals surface area contributed by atoms with Crippen LogP contribution in [-0.4, -0.2) is 13.4 Å². The molecule has 0 amide bonds. The minimum Gasteiger partial charge on any atom is -0.458 e. The number of nitrogens with zero attached hydrogens (tertiary/aromatic N) is 5. The monoisotopic (exact) mass is 1140 g/mol. The Morgan fingerprint density at radius 2 is 0.663 bits per heavy atom. The van der Waals surface area contributed by atoms with E-state index < -0.39 is 6.71 Å². The van der Waals surface area contributed by atoms with Crippen molar-refractivity contribution >= 4 is 132 Å². The molecule has 0 aliphatic carbocycles. The molecule has 0 fully saturated rings. The molecule has 0 unspecified atom stereocenters. The maximum atomic E-state index is 7.64. The number of fused-ring (bicyclic) bond motifs is 13. The second-order valence-corrected chi connectivity index (χ2v) is 23.1. The smallest absolute Gasteiger partial charge is 0.261 e. The van der Waals surface area contributed by atoms with Gasteiger partial charge in [0.05, 0.1) is 22.7 Å². The highest BCUT2D eigenvalue weighted by molar-refractivity contribution is 7.02. The van der Waals surface area contributed by atoms with Crippen LogP contribution < -0.4 is 76.2 Å². The Labute approximate surface area is 515 Å². The Hall–Kier alpha value is -11.8. The highest BCUT2D eigenvalue weighted by Gasteiger charge is 2.50. The van der Waals surface area contributed by atoms with Crippen LogP contribution in [0.1, 0.15) is 0 Å². The van der Waals surface area contributed by atoms with Gasteiger partial charge >= 0.3 is 0 Å². The van der Waals surface area contributed by atoms with Gasteiger partial charge in [-0.2, -0.15) is 0 Å². The molecule has 13 aromatic carbocycles. The minimum atomic E-state index is -0.413. The molecule has 0 radical (unpaired) electrons. The summed E-state index contributed by atoms with van der Waals surface area (Å²) in [5.74, 6) is 5.46. The van der Waals surface area contributed by atoms with E-state index in [0.717, 1.165) is 124 Å². The van der Waals surface area contributed by atoms with Crippen molar-refractivity contribution in [2.75, 3.05) is 24.5 Å². The van der Waals surface area contributed by atoms with Gasteiger partial charge in [-0.3, -0.25) is 4.90 Å². The second-order valence-electron chi connectivity index (χ2n) is 23.1. The van der Waals surface area contributed by atoms with Crippen LogP contribution in [0.5, 0.6) is 46.0 Å². The Balaban J connectivity index is 0.896. The molecule has 19 rings (SSSR count). The lowest BCUT2D eigenvalue weighted by molar-refractivity contribution is 0.405. The summed E-state index contributed by atoms with van der Waals surface area (Å²) >= 11 is 0. The van der Waals surface area contributed by atoms with Crippen LogP contribution in [0.3, 0.4) is 0 Å². The quantitative estimate of drug-likeness (QED) is 0.139. The summed E-state index contributed by atoms with van der Waals surface area (Å²) in [5, 5.41) is 0. The van der Waals surface area contributed by atoms with Crippen molar-refractivity contribution in [2.45, 2.75) is 0 Å². The Morgan fingerprint density at radius 3 is 1.22 bits per heavy atom. The first kappa shape index (κ1) is 49.5. The fourth-order valence-electron chi connectivity index (χ4n) is 14.6.